The molecular formula is C20H31F3IN3O2S. The van der Waals surface area contributed by atoms with Crippen LogP contribution in [0.5, 0.6) is 0 Å². The summed E-state index contributed by atoms with van der Waals surface area (Å²) in [5.41, 5.74) is 1.68. The number of nitrogens with one attached hydrogen (secondary N) is 2. The van der Waals surface area contributed by atoms with Gasteiger partial charge >= 0.3 is 6.18 Å². The second kappa shape index (κ2) is 13.5. The van der Waals surface area contributed by atoms with Gasteiger partial charge in [-0.15, -0.1) is 24.0 Å². The van der Waals surface area contributed by atoms with Crippen LogP contribution in [-0.4, -0.2) is 47.0 Å². The van der Waals surface area contributed by atoms with Crippen molar-refractivity contribution in [2.75, 3.05) is 19.4 Å². The van der Waals surface area contributed by atoms with Crippen LogP contribution in [0.2, 0.25) is 0 Å². The minimum Gasteiger partial charge on any atom is -0.367 e. The third-order valence-electron chi connectivity index (χ3n) is 4.86. The van der Waals surface area contributed by atoms with Gasteiger partial charge in [-0.05, 0) is 30.4 Å². The molecule has 1 fully saturated rings. The topological polar surface area (TPSA) is 62.7 Å². The van der Waals surface area contributed by atoms with E-state index >= 15 is 0 Å². The molecule has 0 amide bonds. The average molecular weight is 561 g/mol. The quantitative estimate of drug-likeness (QED) is 0.285. The maximum absolute atomic E-state index is 12.1. The van der Waals surface area contributed by atoms with E-state index in [1.54, 1.807) is 19.2 Å². The van der Waals surface area contributed by atoms with Crippen LogP contribution in [0.4, 0.5) is 13.2 Å². The Morgan fingerprint density at radius 2 is 1.90 bits per heavy atom. The maximum Gasteiger partial charge on any atom is 0.411 e. The molecule has 1 aromatic rings. The van der Waals surface area contributed by atoms with E-state index in [0.717, 1.165) is 31.2 Å². The van der Waals surface area contributed by atoms with Crippen LogP contribution in [0.1, 0.15) is 43.7 Å². The van der Waals surface area contributed by atoms with E-state index < -0.39 is 23.6 Å². The molecule has 172 valence electrons. The minimum absolute atomic E-state index is 0. The molecule has 1 aromatic carbocycles. The van der Waals surface area contributed by atoms with Gasteiger partial charge in [0, 0.05) is 41.4 Å². The molecule has 0 spiro atoms. The molecule has 30 heavy (non-hydrogen) atoms. The van der Waals surface area contributed by atoms with Crippen molar-refractivity contribution < 1.29 is 22.1 Å². The number of ether oxygens (including phenoxy) is 1. The van der Waals surface area contributed by atoms with Crippen LogP contribution < -0.4 is 10.6 Å². The van der Waals surface area contributed by atoms with Gasteiger partial charge in [0.25, 0.3) is 0 Å². The molecule has 3 atom stereocenters. The van der Waals surface area contributed by atoms with E-state index in [9.17, 15) is 17.4 Å². The summed E-state index contributed by atoms with van der Waals surface area (Å²) >= 11 is 0. The van der Waals surface area contributed by atoms with Crippen molar-refractivity contribution in [3.63, 3.8) is 0 Å². The van der Waals surface area contributed by atoms with Crippen LogP contribution in [0, 0.1) is 0 Å². The Morgan fingerprint density at radius 3 is 2.50 bits per heavy atom. The maximum atomic E-state index is 12.1. The summed E-state index contributed by atoms with van der Waals surface area (Å²) in [5, 5.41) is 6.92. The molecule has 3 unspecified atom stereocenters. The first-order chi connectivity index (χ1) is 13.8. The van der Waals surface area contributed by atoms with Crippen molar-refractivity contribution in [2.24, 2.45) is 4.99 Å². The van der Waals surface area contributed by atoms with Crippen molar-refractivity contribution in [3.05, 3.63) is 35.4 Å². The number of hydrogen-bond donors (Lipinski definition) is 2. The van der Waals surface area contributed by atoms with Gasteiger partial charge in [0.2, 0.25) is 0 Å². The Kier molecular flexibility index (Phi) is 12.2. The lowest BCUT2D eigenvalue weighted by atomic mass is 9.95. The van der Waals surface area contributed by atoms with E-state index in [-0.39, 0.29) is 41.9 Å². The average Bonchev–Trinajstić information content (AvgIpc) is 2.70. The lowest BCUT2D eigenvalue weighted by Crippen LogP contribution is -2.46. The fraction of sp³-hybridized carbons (Fsp3) is 0.650. The first-order valence-corrected chi connectivity index (χ1v) is 11.3. The summed E-state index contributed by atoms with van der Waals surface area (Å²) in [6.45, 7) is 1.19. The van der Waals surface area contributed by atoms with Gasteiger partial charge in [-0.3, -0.25) is 9.20 Å². The van der Waals surface area contributed by atoms with E-state index in [0.29, 0.717) is 23.8 Å². The highest BCUT2D eigenvalue weighted by molar-refractivity contribution is 14.0. The van der Waals surface area contributed by atoms with Crippen molar-refractivity contribution in [1.82, 2.24) is 10.6 Å². The fourth-order valence-electron chi connectivity index (χ4n) is 3.36. The Labute approximate surface area is 196 Å². The predicted molar refractivity (Wildman–Crippen MR) is 126 cm³/mol. The van der Waals surface area contributed by atoms with Gasteiger partial charge < -0.3 is 15.4 Å². The number of benzene rings is 1. The standard InChI is InChI=1S/C20H30F3N3O2S.HI/c1-3-29(27)18-6-4-5-17(11-18)26-19(24-2)25-12-15-7-9-16(10-8-15)13-28-14-20(21,22)23;/h7-10,17-18H,3-6,11-14H2,1-2H3,(H2,24,25,26);1H. The Morgan fingerprint density at radius 1 is 1.23 bits per heavy atom. The highest BCUT2D eigenvalue weighted by Gasteiger charge is 2.27. The molecule has 0 aromatic heterocycles. The lowest BCUT2D eigenvalue weighted by molar-refractivity contribution is -0.176. The smallest absolute Gasteiger partial charge is 0.367 e. The summed E-state index contributed by atoms with van der Waals surface area (Å²) in [4.78, 5) is 4.26. The lowest BCUT2D eigenvalue weighted by Gasteiger charge is -2.30. The number of nitrogens with zero attached hydrogens (tertiary/aromatic N) is 1. The van der Waals surface area contributed by atoms with E-state index in [2.05, 4.69) is 20.4 Å². The largest absolute Gasteiger partial charge is 0.411 e. The molecular weight excluding hydrogens is 530 g/mol. The molecule has 2 N–H and O–H groups in total. The zero-order valence-electron chi connectivity index (χ0n) is 17.3. The van der Waals surface area contributed by atoms with Gasteiger partial charge in [-0.1, -0.05) is 37.6 Å². The number of guanidine groups is 1. The Bertz CT molecular complexity index is 687. The summed E-state index contributed by atoms with van der Waals surface area (Å²) in [6.07, 6.45) is -0.318. The normalized spacial score (nSPS) is 20.9. The van der Waals surface area contributed by atoms with Crippen molar-refractivity contribution in [2.45, 2.75) is 63.2 Å². The first-order valence-electron chi connectivity index (χ1n) is 9.87. The molecule has 1 aliphatic carbocycles. The van der Waals surface area contributed by atoms with Gasteiger partial charge in [0.15, 0.2) is 5.96 Å². The van der Waals surface area contributed by atoms with Crippen molar-refractivity contribution in [1.29, 1.82) is 0 Å². The second-order valence-corrected chi connectivity index (χ2v) is 9.16. The monoisotopic (exact) mass is 561 g/mol. The number of halogens is 4. The predicted octanol–water partition coefficient (Wildman–Crippen LogP) is 4.13. The fourth-order valence-corrected chi connectivity index (χ4v) is 4.71. The third kappa shape index (κ3) is 9.95. The number of hydrogen-bond acceptors (Lipinski definition) is 3. The number of alkyl halides is 3. The summed E-state index contributed by atoms with van der Waals surface area (Å²) in [7, 11) is 0.942. The van der Waals surface area contributed by atoms with E-state index in [1.165, 1.54) is 0 Å². The van der Waals surface area contributed by atoms with E-state index in [4.69, 9.17) is 0 Å². The van der Waals surface area contributed by atoms with Gasteiger partial charge in [-0.2, -0.15) is 13.2 Å². The van der Waals surface area contributed by atoms with Crippen LogP contribution in [0.15, 0.2) is 29.3 Å². The van der Waals surface area contributed by atoms with Gasteiger partial charge in [-0.25, -0.2) is 0 Å². The summed E-state index contributed by atoms with van der Waals surface area (Å²) < 4.78 is 53.1. The zero-order chi connectivity index (χ0) is 21.3. The molecule has 0 heterocycles. The number of rotatable bonds is 8. The first kappa shape index (κ1) is 27.2. The zero-order valence-corrected chi connectivity index (χ0v) is 20.5. The number of aliphatic imine (C=N–C) groups is 1. The molecule has 2 rings (SSSR count). The van der Waals surface area contributed by atoms with Gasteiger partial charge in [0.1, 0.15) is 6.61 Å². The molecule has 0 radical (unpaired) electrons. The Hall–Kier alpha value is -0.880. The van der Waals surface area contributed by atoms with Crippen molar-refractivity contribution >= 4 is 40.7 Å². The molecule has 0 bridgehead atoms. The second-order valence-electron chi connectivity index (χ2n) is 7.15. The molecule has 0 saturated heterocycles. The highest BCUT2D eigenvalue weighted by atomic mass is 127. The van der Waals surface area contributed by atoms with Crippen LogP contribution in [0.3, 0.4) is 0 Å². The molecule has 5 nitrogen and oxygen atoms in total. The highest BCUT2D eigenvalue weighted by Crippen LogP contribution is 2.23. The third-order valence-corrected chi connectivity index (χ3v) is 6.60. The summed E-state index contributed by atoms with van der Waals surface area (Å²) in [5.74, 6) is 1.39. The minimum atomic E-state index is -4.31. The van der Waals surface area contributed by atoms with E-state index in [1.807, 2.05) is 19.1 Å². The SMILES string of the molecule is CCS(=O)C1CCCC(NC(=NC)NCc2ccc(COCC(F)(F)F)cc2)C1.I. The Balaban J connectivity index is 0.00000450. The molecule has 1 aliphatic rings. The molecule has 0 aliphatic heterocycles. The van der Waals surface area contributed by atoms with Crippen molar-refractivity contribution in [3.8, 4) is 0 Å². The molecule has 1 saturated carbocycles. The summed E-state index contributed by atoms with van der Waals surface area (Å²) in [6, 6.07) is 7.48. The van der Waals surface area contributed by atoms with Crippen LogP contribution in [-0.2, 0) is 28.7 Å². The van der Waals surface area contributed by atoms with Gasteiger partial charge in [0.05, 0.1) is 6.61 Å². The van der Waals surface area contributed by atoms with Crippen LogP contribution >= 0.6 is 24.0 Å². The van der Waals surface area contributed by atoms with Crippen LogP contribution in [0.25, 0.3) is 0 Å². The molecule has 10 heteroatoms.